The first-order valence-electron chi connectivity index (χ1n) is 3.26. The molecule has 0 aromatic carbocycles. The second kappa shape index (κ2) is 2.73. The van der Waals surface area contributed by atoms with E-state index in [4.69, 9.17) is 0 Å². The maximum atomic E-state index is 10.8. The van der Waals surface area contributed by atoms with Crippen LogP contribution in [0.2, 0.25) is 0 Å². The van der Waals surface area contributed by atoms with Crippen LogP contribution < -0.4 is 0 Å². The quantitative estimate of drug-likeness (QED) is 0.509. The molecule has 1 heterocycles. The molecule has 0 aromatic heterocycles. The van der Waals surface area contributed by atoms with Crippen LogP contribution in [0, 0.1) is 0 Å². The van der Waals surface area contributed by atoms with Gasteiger partial charge in [-0.15, -0.1) is 0 Å². The van der Waals surface area contributed by atoms with Gasteiger partial charge in [-0.25, -0.2) is 4.79 Å². The van der Waals surface area contributed by atoms with E-state index in [1.807, 2.05) is 13.1 Å². The van der Waals surface area contributed by atoms with Gasteiger partial charge >= 0.3 is 6.09 Å². The van der Waals surface area contributed by atoms with E-state index in [9.17, 15) is 4.79 Å². The van der Waals surface area contributed by atoms with E-state index in [1.54, 1.807) is 4.90 Å². The van der Waals surface area contributed by atoms with Gasteiger partial charge in [0.25, 0.3) is 0 Å². The van der Waals surface area contributed by atoms with Crippen molar-refractivity contribution in [1.82, 2.24) is 4.90 Å². The summed E-state index contributed by atoms with van der Waals surface area (Å²) in [6, 6.07) is 0. The van der Waals surface area contributed by atoms with Crippen molar-refractivity contribution < 1.29 is 9.53 Å². The van der Waals surface area contributed by atoms with Gasteiger partial charge in [0.1, 0.15) is 0 Å². The Morgan fingerprint density at radius 2 is 2.50 bits per heavy atom. The van der Waals surface area contributed by atoms with Crippen LogP contribution in [0.5, 0.6) is 0 Å². The van der Waals surface area contributed by atoms with E-state index in [0.29, 0.717) is 0 Å². The zero-order valence-corrected chi connectivity index (χ0v) is 6.26. The third-order valence-electron chi connectivity index (χ3n) is 1.53. The highest BCUT2D eigenvalue weighted by atomic mass is 16.5. The second-order valence-corrected chi connectivity index (χ2v) is 2.39. The molecule has 0 aliphatic carbocycles. The lowest BCUT2D eigenvalue weighted by Gasteiger charge is -2.09. The first-order chi connectivity index (χ1) is 4.74. The zero-order valence-electron chi connectivity index (χ0n) is 6.26. The van der Waals surface area contributed by atoms with Gasteiger partial charge < -0.3 is 4.74 Å². The Morgan fingerprint density at radius 3 is 2.90 bits per heavy atom. The fourth-order valence-corrected chi connectivity index (χ4v) is 0.953. The summed E-state index contributed by atoms with van der Waals surface area (Å²) in [4.78, 5) is 12.4. The van der Waals surface area contributed by atoms with E-state index in [1.165, 1.54) is 12.7 Å². The van der Waals surface area contributed by atoms with Crippen molar-refractivity contribution in [2.45, 2.75) is 13.3 Å². The van der Waals surface area contributed by atoms with Crippen molar-refractivity contribution in [3.05, 3.63) is 11.8 Å². The van der Waals surface area contributed by atoms with Crippen LogP contribution >= 0.6 is 0 Å². The molecular formula is C7H11NO2. The first-order valence-corrected chi connectivity index (χ1v) is 3.26. The van der Waals surface area contributed by atoms with Gasteiger partial charge in [-0.05, 0) is 13.3 Å². The highest BCUT2D eigenvalue weighted by Gasteiger charge is 2.15. The molecule has 0 bridgehead atoms. The van der Waals surface area contributed by atoms with Gasteiger partial charge in [0.15, 0.2) is 0 Å². The number of ether oxygens (including phenoxy) is 1. The normalized spacial score (nSPS) is 17.0. The largest absolute Gasteiger partial charge is 0.452 e. The zero-order chi connectivity index (χ0) is 7.56. The van der Waals surface area contributed by atoms with Crippen molar-refractivity contribution in [2.75, 3.05) is 13.7 Å². The van der Waals surface area contributed by atoms with Crippen molar-refractivity contribution in [3.63, 3.8) is 0 Å². The number of hydrogen-bond donors (Lipinski definition) is 0. The predicted molar refractivity (Wildman–Crippen MR) is 37.5 cm³/mol. The van der Waals surface area contributed by atoms with Gasteiger partial charge in [0.2, 0.25) is 0 Å². The van der Waals surface area contributed by atoms with Crippen LogP contribution in [-0.2, 0) is 4.74 Å². The van der Waals surface area contributed by atoms with E-state index < -0.39 is 0 Å². The standard InChI is InChI=1S/C7H11NO2/c1-6-3-4-8(5-6)7(9)10-2/h5H,3-4H2,1-2H3. The molecule has 1 aliphatic heterocycles. The topological polar surface area (TPSA) is 29.5 Å². The van der Waals surface area contributed by atoms with Crippen molar-refractivity contribution in [1.29, 1.82) is 0 Å². The molecule has 0 saturated heterocycles. The summed E-state index contributed by atoms with van der Waals surface area (Å²) < 4.78 is 4.52. The average Bonchev–Trinajstić information content (AvgIpc) is 2.34. The summed E-state index contributed by atoms with van der Waals surface area (Å²) in [6.45, 7) is 2.77. The van der Waals surface area contributed by atoms with Crippen LogP contribution in [0.15, 0.2) is 11.8 Å². The highest BCUT2D eigenvalue weighted by molar-refractivity contribution is 5.69. The molecule has 0 atom stereocenters. The summed E-state index contributed by atoms with van der Waals surface area (Å²) in [7, 11) is 1.39. The molecule has 1 rings (SSSR count). The van der Waals surface area contributed by atoms with Gasteiger partial charge in [-0.1, -0.05) is 5.57 Å². The molecule has 1 aliphatic rings. The molecule has 0 aromatic rings. The molecule has 56 valence electrons. The average molecular weight is 141 g/mol. The summed E-state index contributed by atoms with van der Waals surface area (Å²) in [5.41, 5.74) is 1.23. The number of rotatable bonds is 0. The molecule has 0 N–H and O–H groups in total. The van der Waals surface area contributed by atoms with Gasteiger partial charge in [0.05, 0.1) is 7.11 Å². The first kappa shape index (κ1) is 7.12. The fraction of sp³-hybridized carbons (Fsp3) is 0.571. The molecule has 0 radical (unpaired) electrons. The van der Waals surface area contributed by atoms with Crippen LogP contribution in [0.3, 0.4) is 0 Å². The van der Waals surface area contributed by atoms with Gasteiger partial charge in [0, 0.05) is 12.7 Å². The third-order valence-corrected chi connectivity index (χ3v) is 1.53. The van der Waals surface area contributed by atoms with Crippen molar-refractivity contribution in [2.24, 2.45) is 0 Å². The molecule has 0 spiro atoms. The minimum atomic E-state index is -0.267. The summed E-state index contributed by atoms with van der Waals surface area (Å²) in [6.07, 6.45) is 2.53. The smallest absolute Gasteiger partial charge is 0.413 e. The molecule has 3 heteroatoms. The second-order valence-electron chi connectivity index (χ2n) is 2.39. The third kappa shape index (κ3) is 1.29. The molecule has 3 nitrogen and oxygen atoms in total. The van der Waals surface area contributed by atoms with Gasteiger partial charge in [-0.3, -0.25) is 4.90 Å². The highest BCUT2D eigenvalue weighted by Crippen LogP contribution is 2.13. The molecule has 0 saturated carbocycles. The van der Waals surface area contributed by atoms with E-state index >= 15 is 0 Å². The molecule has 10 heavy (non-hydrogen) atoms. The predicted octanol–water partition coefficient (Wildman–Crippen LogP) is 1.36. The number of hydrogen-bond acceptors (Lipinski definition) is 2. The molecular weight excluding hydrogens is 130 g/mol. The van der Waals surface area contributed by atoms with Crippen molar-refractivity contribution >= 4 is 6.09 Å². The number of carbonyl (C=O) groups excluding carboxylic acids is 1. The van der Waals surface area contributed by atoms with E-state index in [-0.39, 0.29) is 6.09 Å². The number of amides is 1. The van der Waals surface area contributed by atoms with E-state index in [2.05, 4.69) is 4.74 Å². The Morgan fingerprint density at radius 1 is 1.80 bits per heavy atom. The van der Waals surface area contributed by atoms with Crippen LogP contribution in [0.4, 0.5) is 4.79 Å². The van der Waals surface area contributed by atoms with Crippen LogP contribution in [0.25, 0.3) is 0 Å². The maximum absolute atomic E-state index is 10.8. The summed E-state index contributed by atoms with van der Waals surface area (Å²) >= 11 is 0. The summed E-state index contributed by atoms with van der Waals surface area (Å²) in [5, 5.41) is 0. The Hall–Kier alpha value is -0.990. The number of methoxy groups -OCH3 is 1. The number of nitrogens with zero attached hydrogens (tertiary/aromatic N) is 1. The number of carbonyl (C=O) groups is 1. The lowest BCUT2D eigenvalue weighted by molar-refractivity contribution is 0.143. The Balaban J connectivity index is 2.52. The van der Waals surface area contributed by atoms with Crippen LogP contribution in [0.1, 0.15) is 13.3 Å². The Labute approximate surface area is 60.3 Å². The Bertz CT molecular complexity index is 174. The fourth-order valence-electron chi connectivity index (χ4n) is 0.953. The van der Waals surface area contributed by atoms with Crippen molar-refractivity contribution in [3.8, 4) is 0 Å². The summed E-state index contributed by atoms with van der Waals surface area (Å²) in [5.74, 6) is 0. The lowest BCUT2D eigenvalue weighted by atomic mass is 10.3. The monoisotopic (exact) mass is 141 g/mol. The van der Waals surface area contributed by atoms with Crippen LogP contribution in [-0.4, -0.2) is 24.6 Å². The van der Waals surface area contributed by atoms with Gasteiger partial charge in [-0.2, -0.15) is 0 Å². The lowest BCUT2D eigenvalue weighted by Crippen LogP contribution is -2.22. The Kier molecular flexibility index (Phi) is 1.94. The molecule has 1 amide bonds. The maximum Gasteiger partial charge on any atom is 0.413 e. The minimum absolute atomic E-state index is 0.267. The minimum Gasteiger partial charge on any atom is -0.452 e. The molecule has 0 unspecified atom stereocenters. The van der Waals surface area contributed by atoms with E-state index in [0.717, 1.165) is 13.0 Å². The molecule has 0 fully saturated rings. The SMILES string of the molecule is COC(=O)N1C=C(C)CC1.